The summed E-state index contributed by atoms with van der Waals surface area (Å²) in [6.45, 7) is 0. The monoisotopic (exact) mass is 343 g/mol. The van der Waals surface area contributed by atoms with E-state index in [1.54, 1.807) is 6.07 Å². The van der Waals surface area contributed by atoms with Crippen LogP contribution in [0.4, 0.5) is 4.39 Å². The maximum absolute atomic E-state index is 13.2. The Labute approximate surface area is 131 Å². The Morgan fingerprint density at radius 2 is 1.86 bits per heavy atom. The van der Waals surface area contributed by atoms with Gasteiger partial charge >= 0.3 is 0 Å². The number of hydrogen-bond donors (Lipinski definition) is 0. The van der Waals surface area contributed by atoms with Gasteiger partial charge in [-0.2, -0.15) is 5.26 Å². The highest BCUT2D eigenvalue weighted by Gasteiger charge is 2.20. The zero-order valence-electron chi connectivity index (χ0n) is 10.5. The molecule has 0 heterocycles. The molecule has 2 aromatic carbocycles. The van der Waals surface area contributed by atoms with E-state index in [4.69, 9.17) is 28.5 Å². The predicted octanol–water partition coefficient (Wildman–Crippen LogP) is 3.98. The quantitative estimate of drug-likeness (QED) is 0.846. The van der Waals surface area contributed by atoms with Crippen molar-refractivity contribution in [3.63, 3.8) is 0 Å². The van der Waals surface area contributed by atoms with Crippen LogP contribution in [0.25, 0.3) is 0 Å². The van der Waals surface area contributed by atoms with E-state index in [-0.39, 0.29) is 20.5 Å². The molecule has 0 aliphatic rings. The minimum Gasteiger partial charge on any atom is -0.223 e. The average molecular weight is 344 g/mol. The average Bonchev–Trinajstić information content (AvgIpc) is 2.43. The van der Waals surface area contributed by atoms with Gasteiger partial charge in [-0.05, 0) is 35.9 Å². The van der Waals surface area contributed by atoms with Crippen LogP contribution in [-0.4, -0.2) is 8.42 Å². The van der Waals surface area contributed by atoms with Crippen LogP contribution >= 0.6 is 23.2 Å². The van der Waals surface area contributed by atoms with Gasteiger partial charge in [0, 0.05) is 5.02 Å². The van der Waals surface area contributed by atoms with Gasteiger partial charge in [0.2, 0.25) is 0 Å². The van der Waals surface area contributed by atoms with Gasteiger partial charge in [0.1, 0.15) is 11.9 Å². The summed E-state index contributed by atoms with van der Waals surface area (Å²) in [4.78, 5) is -0.0977. The molecule has 0 unspecified atom stereocenters. The molecule has 0 spiro atoms. The molecule has 0 amide bonds. The van der Waals surface area contributed by atoms with Crippen molar-refractivity contribution in [2.45, 2.75) is 10.6 Å². The molecule has 0 bridgehead atoms. The van der Waals surface area contributed by atoms with Crippen LogP contribution in [0.5, 0.6) is 0 Å². The van der Waals surface area contributed by atoms with Gasteiger partial charge in [-0.3, -0.25) is 0 Å². The van der Waals surface area contributed by atoms with E-state index in [9.17, 15) is 12.8 Å². The van der Waals surface area contributed by atoms with E-state index in [0.717, 1.165) is 6.07 Å². The Hall–Kier alpha value is -1.61. The van der Waals surface area contributed by atoms with E-state index in [2.05, 4.69) is 0 Å². The van der Waals surface area contributed by atoms with E-state index in [0.29, 0.717) is 5.56 Å². The normalized spacial score (nSPS) is 11.1. The molecule has 0 atom stereocenters. The Morgan fingerprint density at radius 3 is 2.52 bits per heavy atom. The van der Waals surface area contributed by atoms with Gasteiger partial charge in [0.05, 0.1) is 21.2 Å². The van der Waals surface area contributed by atoms with Crippen LogP contribution in [-0.2, 0) is 15.6 Å². The van der Waals surface area contributed by atoms with Crippen LogP contribution in [0.1, 0.15) is 11.1 Å². The second kappa shape index (κ2) is 6.02. The van der Waals surface area contributed by atoms with Crippen molar-refractivity contribution < 1.29 is 12.8 Å². The molecule has 21 heavy (non-hydrogen) atoms. The summed E-state index contributed by atoms with van der Waals surface area (Å²) in [6, 6.07) is 9.36. The van der Waals surface area contributed by atoms with Gasteiger partial charge in [-0.25, -0.2) is 12.8 Å². The van der Waals surface area contributed by atoms with Gasteiger partial charge in [-0.1, -0.05) is 29.3 Å². The smallest absolute Gasteiger partial charge is 0.184 e. The molecule has 0 aliphatic heterocycles. The first kappa shape index (κ1) is 15.8. The number of halogens is 3. The lowest BCUT2D eigenvalue weighted by Gasteiger charge is -2.08. The summed E-state index contributed by atoms with van der Waals surface area (Å²) >= 11 is 11.7. The van der Waals surface area contributed by atoms with Crippen LogP contribution in [0.3, 0.4) is 0 Å². The molecular formula is C14H8Cl2FNO2S. The second-order valence-corrected chi connectivity index (χ2v) is 7.06. The van der Waals surface area contributed by atoms with Gasteiger partial charge in [0.15, 0.2) is 9.84 Å². The molecule has 0 saturated carbocycles. The Kier molecular flexibility index (Phi) is 4.52. The lowest BCUT2D eigenvalue weighted by molar-refractivity contribution is 0.594. The molecule has 0 fully saturated rings. The van der Waals surface area contributed by atoms with Crippen molar-refractivity contribution in [1.82, 2.24) is 0 Å². The van der Waals surface area contributed by atoms with Crippen LogP contribution in [0.2, 0.25) is 10.0 Å². The van der Waals surface area contributed by atoms with Crippen molar-refractivity contribution in [2.75, 3.05) is 0 Å². The molecule has 0 aromatic heterocycles. The highest BCUT2D eigenvalue weighted by Crippen LogP contribution is 2.28. The first-order chi connectivity index (χ1) is 9.83. The molecule has 0 radical (unpaired) electrons. The lowest BCUT2D eigenvalue weighted by atomic mass is 10.1. The van der Waals surface area contributed by atoms with Crippen LogP contribution in [0, 0.1) is 17.1 Å². The zero-order valence-corrected chi connectivity index (χ0v) is 12.8. The molecule has 2 rings (SSSR count). The predicted molar refractivity (Wildman–Crippen MR) is 78.5 cm³/mol. The SMILES string of the molecule is N#Cc1cc(CS(=O)(=O)c2cc(Cl)ccc2Cl)ccc1F. The van der Waals surface area contributed by atoms with Crippen molar-refractivity contribution in [2.24, 2.45) is 0 Å². The summed E-state index contributed by atoms with van der Waals surface area (Å²) in [7, 11) is -3.75. The maximum atomic E-state index is 13.2. The van der Waals surface area contributed by atoms with Crippen molar-refractivity contribution in [1.29, 1.82) is 5.26 Å². The van der Waals surface area contributed by atoms with E-state index in [1.165, 1.54) is 30.3 Å². The topological polar surface area (TPSA) is 57.9 Å². The summed E-state index contributed by atoms with van der Waals surface area (Å²) in [6.07, 6.45) is 0. The Morgan fingerprint density at radius 1 is 1.14 bits per heavy atom. The Bertz CT molecular complexity index is 845. The first-order valence-electron chi connectivity index (χ1n) is 5.70. The third-order valence-corrected chi connectivity index (χ3v) is 5.13. The highest BCUT2D eigenvalue weighted by molar-refractivity contribution is 7.90. The molecule has 2 aromatic rings. The highest BCUT2D eigenvalue weighted by atomic mass is 35.5. The van der Waals surface area contributed by atoms with Gasteiger partial charge < -0.3 is 0 Å². The maximum Gasteiger partial charge on any atom is 0.184 e. The van der Waals surface area contributed by atoms with E-state index in [1.807, 2.05) is 0 Å². The van der Waals surface area contributed by atoms with Crippen molar-refractivity contribution in [3.05, 3.63) is 63.4 Å². The minimum atomic E-state index is -3.75. The standard InChI is InChI=1S/C14H8Cl2FNO2S/c15-11-2-3-12(16)14(6-11)21(19,20)8-9-1-4-13(17)10(5-9)7-18/h1-6H,8H2. The summed E-state index contributed by atoms with van der Waals surface area (Å²) in [5.41, 5.74) is 0.0869. The fourth-order valence-corrected chi connectivity index (χ4v) is 3.91. The number of rotatable bonds is 3. The fraction of sp³-hybridized carbons (Fsp3) is 0.0714. The third kappa shape index (κ3) is 3.53. The van der Waals surface area contributed by atoms with Crippen molar-refractivity contribution >= 4 is 33.0 Å². The van der Waals surface area contributed by atoms with Gasteiger partial charge in [-0.15, -0.1) is 0 Å². The molecule has 108 valence electrons. The molecule has 7 heteroatoms. The summed E-state index contributed by atoms with van der Waals surface area (Å²) in [5, 5.41) is 9.06. The minimum absolute atomic E-state index is 0.0574. The molecule has 0 saturated heterocycles. The van der Waals surface area contributed by atoms with Gasteiger partial charge in [0.25, 0.3) is 0 Å². The van der Waals surface area contributed by atoms with Crippen molar-refractivity contribution in [3.8, 4) is 6.07 Å². The Balaban J connectivity index is 2.43. The molecule has 0 N–H and O–H groups in total. The van der Waals surface area contributed by atoms with E-state index >= 15 is 0 Å². The fourth-order valence-electron chi connectivity index (χ4n) is 1.76. The lowest BCUT2D eigenvalue weighted by Crippen LogP contribution is -2.06. The van der Waals surface area contributed by atoms with Crippen LogP contribution in [0.15, 0.2) is 41.3 Å². The third-order valence-electron chi connectivity index (χ3n) is 2.74. The first-order valence-corrected chi connectivity index (χ1v) is 8.10. The molecule has 3 nitrogen and oxygen atoms in total. The van der Waals surface area contributed by atoms with Crippen LogP contribution < -0.4 is 0 Å². The number of benzene rings is 2. The number of nitriles is 1. The number of nitrogens with zero attached hydrogens (tertiary/aromatic N) is 1. The molecule has 0 aliphatic carbocycles. The second-order valence-electron chi connectivity index (χ2n) is 4.26. The number of sulfone groups is 1. The summed E-state index contributed by atoms with van der Waals surface area (Å²) in [5.74, 6) is -1.10. The number of hydrogen-bond acceptors (Lipinski definition) is 3. The van der Waals surface area contributed by atoms with E-state index < -0.39 is 21.4 Å². The zero-order chi connectivity index (χ0) is 15.6. The largest absolute Gasteiger partial charge is 0.223 e. The summed E-state index contributed by atoms with van der Waals surface area (Å²) < 4.78 is 37.9. The molecular weight excluding hydrogens is 336 g/mol.